The van der Waals surface area contributed by atoms with E-state index in [0.29, 0.717) is 58.2 Å². The summed E-state index contributed by atoms with van der Waals surface area (Å²) >= 11 is 0. The van der Waals surface area contributed by atoms with Crippen molar-refractivity contribution in [1.82, 2.24) is 15.0 Å². The quantitative estimate of drug-likeness (QED) is 0.130. The van der Waals surface area contributed by atoms with Crippen molar-refractivity contribution in [1.29, 1.82) is 0 Å². The molecule has 0 spiro atoms. The third-order valence-electron chi connectivity index (χ3n) is 4.30. The lowest BCUT2D eigenvalue weighted by Gasteiger charge is -2.14. The molecule has 1 aromatic rings. The van der Waals surface area contributed by atoms with Crippen LogP contribution in [0.5, 0.6) is 0 Å². The first kappa shape index (κ1) is 26.2. The van der Waals surface area contributed by atoms with Crippen molar-refractivity contribution < 1.29 is 30.6 Å². The lowest BCUT2D eigenvalue weighted by atomic mass is 10.2. The fourth-order valence-electron chi connectivity index (χ4n) is 2.54. The Hall–Kier alpha value is -1.83. The van der Waals surface area contributed by atoms with Crippen LogP contribution in [0, 0.1) is 0 Å². The second kappa shape index (κ2) is 15.9. The standard InChI is InChI=1S/C18H36N6O6/c25-10-4-13(28)1-7-19-16-22-17(20-8-2-14(29)5-11-26)24-18(23-16)21-9-3-15(30)6-12-27/h13-15,25-30H,1-12H2,(H3,19,20,21,22,23,24). The van der Waals surface area contributed by atoms with Crippen molar-refractivity contribution in [3.05, 3.63) is 0 Å². The molecular formula is C18H36N6O6. The van der Waals surface area contributed by atoms with Gasteiger partial charge in [-0.2, -0.15) is 15.0 Å². The molecule has 0 saturated carbocycles. The van der Waals surface area contributed by atoms with Gasteiger partial charge >= 0.3 is 0 Å². The Balaban J connectivity index is 2.66. The average Bonchev–Trinajstić information content (AvgIpc) is 2.68. The molecule has 1 aromatic heterocycles. The molecule has 0 aliphatic heterocycles. The molecule has 0 bridgehead atoms. The van der Waals surface area contributed by atoms with Crippen LogP contribution in [0.3, 0.4) is 0 Å². The largest absolute Gasteiger partial charge is 0.396 e. The Kier molecular flexibility index (Phi) is 13.9. The van der Waals surface area contributed by atoms with Gasteiger partial charge in [-0.1, -0.05) is 0 Å². The summed E-state index contributed by atoms with van der Waals surface area (Å²) in [7, 11) is 0. The summed E-state index contributed by atoms with van der Waals surface area (Å²) in [4.78, 5) is 12.8. The Bertz CT molecular complexity index is 481. The lowest BCUT2D eigenvalue weighted by Crippen LogP contribution is -2.20. The van der Waals surface area contributed by atoms with Crippen LogP contribution < -0.4 is 16.0 Å². The minimum atomic E-state index is -0.624. The number of rotatable bonds is 18. The highest BCUT2D eigenvalue weighted by molar-refractivity contribution is 5.42. The number of aromatic nitrogens is 3. The van der Waals surface area contributed by atoms with Gasteiger partial charge in [-0.25, -0.2) is 0 Å². The van der Waals surface area contributed by atoms with Gasteiger partial charge < -0.3 is 46.6 Å². The van der Waals surface area contributed by atoms with Crippen LogP contribution in [-0.2, 0) is 0 Å². The van der Waals surface area contributed by atoms with Gasteiger partial charge in [-0.15, -0.1) is 0 Å². The third-order valence-corrected chi connectivity index (χ3v) is 4.30. The van der Waals surface area contributed by atoms with Gasteiger partial charge in [0, 0.05) is 39.5 Å². The fraction of sp³-hybridized carbons (Fsp3) is 0.833. The van der Waals surface area contributed by atoms with Gasteiger partial charge in [-0.05, 0) is 38.5 Å². The first-order valence-corrected chi connectivity index (χ1v) is 10.3. The second-order valence-corrected chi connectivity index (χ2v) is 6.95. The van der Waals surface area contributed by atoms with E-state index in [2.05, 4.69) is 30.9 Å². The van der Waals surface area contributed by atoms with E-state index in [-0.39, 0.29) is 37.7 Å². The summed E-state index contributed by atoms with van der Waals surface area (Å²) in [5.41, 5.74) is 0. The van der Waals surface area contributed by atoms with E-state index >= 15 is 0 Å². The number of anilines is 3. The Morgan fingerprint density at radius 1 is 0.500 bits per heavy atom. The van der Waals surface area contributed by atoms with Gasteiger partial charge in [0.1, 0.15) is 0 Å². The molecule has 12 heteroatoms. The third kappa shape index (κ3) is 12.0. The molecule has 1 heterocycles. The molecule has 0 aliphatic rings. The van der Waals surface area contributed by atoms with Crippen LogP contribution >= 0.6 is 0 Å². The highest BCUT2D eigenvalue weighted by atomic mass is 16.3. The maximum atomic E-state index is 9.70. The molecule has 0 amide bonds. The highest BCUT2D eigenvalue weighted by Gasteiger charge is 2.10. The first-order valence-electron chi connectivity index (χ1n) is 10.3. The molecule has 0 radical (unpaired) electrons. The zero-order chi connectivity index (χ0) is 22.2. The van der Waals surface area contributed by atoms with Gasteiger partial charge in [0.15, 0.2) is 0 Å². The Labute approximate surface area is 176 Å². The van der Waals surface area contributed by atoms with Crippen molar-refractivity contribution in [2.24, 2.45) is 0 Å². The van der Waals surface area contributed by atoms with E-state index in [4.69, 9.17) is 15.3 Å². The van der Waals surface area contributed by atoms with E-state index in [9.17, 15) is 15.3 Å². The predicted octanol–water partition coefficient (Wildman–Crippen LogP) is -1.49. The number of nitrogens with zero attached hydrogens (tertiary/aromatic N) is 3. The van der Waals surface area contributed by atoms with Crippen molar-refractivity contribution in [3.63, 3.8) is 0 Å². The molecular weight excluding hydrogens is 396 g/mol. The van der Waals surface area contributed by atoms with Crippen LogP contribution in [0.25, 0.3) is 0 Å². The zero-order valence-corrected chi connectivity index (χ0v) is 17.2. The molecule has 12 nitrogen and oxygen atoms in total. The van der Waals surface area contributed by atoms with E-state index in [1.165, 1.54) is 0 Å². The normalized spacial score (nSPS) is 14.2. The molecule has 174 valence electrons. The average molecular weight is 433 g/mol. The van der Waals surface area contributed by atoms with Crippen LogP contribution in [0.15, 0.2) is 0 Å². The zero-order valence-electron chi connectivity index (χ0n) is 17.2. The van der Waals surface area contributed by atoms with Crippen molar-refractivity contribution in [3.8, 4) is 0 Å². The number of nitrogens with one attached hydrogen (secondary N) is 3. The molecule has 0 aromatic carbocycles. The maximum absolute atomic E-state index is 9.70. The molecule has 1 rings (SSSR count). The number of aliphatic hydroxyl groups excluding tert-OH is 6. The lowest BCUT2D eigenvalue weighted by molar-refractivity contribution is 0.127. The summed E-state index contributed by atoms with van der Waals surface area (Å²) in [6.45, 7) is 0.940. The van der Waals surface area contributed by atoms with Gasteiger partial charge in [0.2, 0.25) is 17.8 Å². The highest BCUT2D eigenvalue weighted by Crippen LogP contribution is 2.11. The minimum absolute atomic E-state index is 0.0840. The minimum Gasteiger partial charge on any atom is -0.396 e. The van der Waals surface area contributed by atoms with Crippen LogP contribution in [0.4, 0.5) is 17.8 Å². The van der Waals surface area contributed by atoms with Crippen molar-refractivity contribution in [2.45, 2.75) is 56.8 Å². The predicted molar refractivity (Wildman–Crippen MR) is 112 cm³/mol. The fourth-order valence-corrected chi connectivity index (χ4v) is 2.54. The van der Waals surface area contributed by atoms with Crippen LogP contribution in [0.2, 0.25) is 0 Å². The van der Waals surface area contributed by atoms with Crippen molar-refractivity contribution >= 4 is 17.8 Å². The molecule has 0 saturated heterocycles. The van der Waals surface area contributed by atoms with Gasteiger partial charge in [-0.3, -0.25) is 0 Å². The van der Waals surface area contributed by atoms with Crippen molar-refractivity contribution in [2.75, 3.05) is 55.4 Å². The Morgan fingerprint density at radius 3 is 1.00 bits per heavy atom. The van der Waals surface area contributed by atoms with Crippen LogP contribution in [-0.4, -0.2) is 103 Å². The first-order chi connectivity index (χ1) is 14.5. The molecule has 9 N–H and O–H groups in total. The summed E-state index contributed by atoms with van der Waals surface area (Å²) in [6, 6.07) is 0. The van der Waals surface area contributed by atoms with Gasteiger partial charge in [0.05, 0.1) is 18.3 Å². The van der Waals surface area contributed by atoms with E-state index in [1.54, 1.807) is 0 Å². The maximum Gasteiger partial charge on any atom is 0.229 e. The molecule has 3 atom stereocenters. The number of hydrogen-bond acceptors (Lipinski definition) is 12. The second-order valence-electron chi connectivity index (χ2n) is 6.95. The Morgan fingerprint density at radius 2 is 0.767 bits per heavy atom. The number of hydrogen-bond donors (Lipinski definition) is 9. The summed E-state index contributed by atoms with van der Waals surface area (Å²) in [5.74, 6) is 0.869. The van der Waals surface area contributed by atoms with E-state index < -0.39 is 18.3 Å². The molecule has 3 unspecified atom stereocenters. The summed E-state index contributed by atoms with van der Waals surface area (Å²) in [5, 5.41) is 64.6. The molecule has 0 fully saturated rings. The molecule has 30 heavy (non-hydrogen) atoms. The summed E-state index contributed by atoms with van der Waals surface area (Å²) < 4.78 is 0. The SMILES string of the molecule is OCCC(O)CCNc1nc(NCCC(O)CCO)nc(NCCC(O)CCO)n1. The van der Waals surface area contributed by atoms with E-state index in [0.717, 1.165) is 0 Å². The van der Waals surface area contributed by atoms with Crippen LogP contribution in [0.1, 0.15) is 38.5 Å². The monoisotopic (exact) mass is 432 g/mol. The summed E-state index contributed by atoms with van der Waals surface area (Å²) in [6.07, 6.45) is 0.261. The molecule has 0 aliphatic carbocycles. The van der Waals surface area contributed by atoms with Gasteiger partial charge in [0.25, 0.3) is 0 Å². The topological polar surface area (TPSA) is 196 Å². The van der Waals surface area contributed by atoms with E-state index in [1.807, 2.05) is 0 Å². The number of aliphatic hydroxyl groups is 6. The smallest absolute Gasteiger partial charge is 0.229 e.